The fourth-order valence-electron chi connectivity index (χ4n) is 9.00. The van der Waals surface area contributed by atoms with E-state index in [9.17, 15) is 0 Å². The van der Waals surface area contributed by atoms with E-state index in [1.54, 1.807) is 0 Å². The van der Waals surface area contributed by atoms with Crippen LogP contribution in [0.15, 0.2) is 212 Å². The quantitative estimate of drug-likeness (QED) is 0.152. The van der Waals surface area contributed by atoms with Gasteiger partial charge in [0.2, 0.25) is 0 Å². The predicted molar refractivity (Wildman–Crippen MR) is 258 cm³/mol. The number of thiophene rings is 2. The molecule has 12 aromatic rings. The molecule has 0 N–H and O–H groups in total. The van der Waals surface area contributed by atoms with E-state index in [1.165, 1.54) is 107 Å². The molecule has 12 rings (SSSR count). The van der Waals surface area contributed by atoms with Gasteiger partial charge in [0, 0.05) is 41.3 Å². The van der Waals surface area contributed by atoms with Crippen molar-refractivity contribution >= 4 is 102 Å². The maximum Gasteiger partial charge on any atom is 0.0640 e. The Kier molecular flexibility index (Phi) is 7.97. The van der Waals surface area contributed by atoms with Crippen LogP contribution < -0.4 is 4.90 Å². The van der Waals surface area contributed by atoms with E-state index in [0.717, 1.165) is 5.69 Å². The minimum absolute atomic E-state index is 1.12. The van der Waals surface area contributed by atoms with Crippen molar-refractivity contribution in [2.75, 3.05) is 4.90 Å². The topological polar surface area (TPSA) is 3.24 Å². The van der Waals surface area contributed by atoms with Crippen LogP contribution in [0.5, 0.6) is 0 Å². The molecule has 0 amide bonds. The van der Waals surface area contributed by atoms with Crippen molar-refractivity contribution < 1.29 is 0 Å². The highest BCUT2D eigenvalue weighted by Crippen LogP contribution is 2.51. The van der Waals surface area contributed by atoms with Crippen LogP contribution in [0.4, 0.5) is 17.1 Å². The molecule has 0 saturated carbocycles. The Morgan fingerprint density at radius 1 is 0.305 bits per heavy atom. The van der Waals surface area contributed by atoms with Crippen LogP contribution in [0.2, 0.25) is 0 Å². The summed E-state index contributed by atoms with van der Waals surface area (Å²) in [6.45, 7) is 0. The average Bonchev–Trinajstić information content (AvgIpc) is 3.89. The van der Waals surface area contributed by atoms with Crippen LogP contribution in [-0.4, -0.2) is 0 Å². The lowest BCUT2D eigenvalue weighted by atomic mass is 9.97. The number of nitrogens with zero attached hydrogens (tertiary/aromatic N) is 1. The van der Waals surface area contributed by atoms with Crippen molar-refractivity contribution in [1.29, 1.82) is 0 Å². The van der Waals surface area contributed by atoms with Crippen LogP contribution in [0, 0.1) is 0 Å². The van der Waals surface area contributed by atoms with E-state index in [4.69, 9.17) is 0 Å². The lowest BCUT2D eigenvalue weighted by Crippen LogP contribution is -2.10. The minimum atomic E-state index is 1.12. The Hall–Kier alpha value is -7.04. The summed E-state index contributed by atoms with van der Waals surface area (Å²) in [7, 11) is 0. The van der Waals surface area contributed by atoms with E-state index < -0.39 is 0 Å². The van der Waals surface area contributed by atoms with Gasteiger partial charge in [0.25, 0.3) is 0 Å². The van der Waals surface area contributed by atoms with Crippen molar-refractivity contribution in [3.63, 3.8) is 0 Å². The zero-order valence-electron chi connectivity index (χ0n) is 32.0. The van der Waals surface area contributed by atoms with Crippen molar-refractivity contribution in [3.05, 3.63) is 212 Å². The lowest BCUT2D eigenvalue weighted by Gasteiger charge is -2.28. The molecule has 1 nitrogen and oxygen atoms in total. The lowest BCUT2D eigenvalue weighted by molar-refractivity contribution is 1.32. The first-order chi connectivity index (χ1) is 29.2. The van der Waals surface area contributed by atoms with Gasteiger partial charge in [-0.2, -0.15) is 0 Å². The molecule has 0 aliphatic heterocycles. The van der Waals surface area contributed by atoms with Crippen LogP contribution in [0.3, 0.4) is 0 Å². The molecule has 276 valence electrons. The van der Waals surface area contributed by atoms with Crippen molar-refractivity contribution in [1.82, 2.24) is 0 Å². The standard InChI is InChI=1S/C56H35NS2/c1-3-12-36(13-4-1)42-28-31-46-47-19-11-20-51(55(47)59-53(46)35-42)57(50-33-32-45(38-14-5-2-6-15-38)56-54(50)48-18-9-10-21-52(48)58-56)43-29-26-37(27-30-43)41-25-24-40-23-22-39-16-7-8-17-44(39)49(40)34-41/h1-35H. The van der Waals surface area contributed by atoms with Crippen LogP contribution in [0.1, 0.15) is 0 Å². The van der Waals surface area contributed by atoms with Crippen LogP contribution in [-0.2, 0) is 0 Å². The van der Waals surface area contributed by atoms with Gasteiger partial charge in [-0.15, -0.1) is 22.7 Å². The van der Waals surface area contributed by atoms with E-state index in [2.05, 4.69) is 217 Å². The summed E-state index contributed by atoms with van der Waals surface area (Å²) in [6, 6.07) is 78.1. The van der Waals surface area contributed by atoms with Gasteiger partial charge in [0.15, 0.2) is 0 Å². The molecule has 0 radical (unpaired) electrons. The first-order valence-corrected chi connectivity index (χ1v) is 21.7. The number of anilines is 3. The number of hydrogen-bond donors (Lipinski definition) is 0. The first kappa shape index (κ1) is 34.0. The fraction of sp³-hybridized carbons (Fsp3) is 0. The molecule has 0 spiro atoms. The second-order valence-electron chi connectivity index (χ2n) is 15.2. The second-order valence-corrected chi connectivity index (χ2v) is 17.3. The zero-order valence-corrected chi connectivity index (χ0v) is 33.6. The van der Waals surface area contributed by atoms with Gasteiger partial charge in [-0.25, -0.2) is 0 Å². The predicted octanol–water partition coefficient (Wildman–Crippen LogP) is 17.2. The molecule has 10 aromatic carbocycles. The molecule has 0 unspecified atom stereocenters. The largest absolute Gasteiger partial charge is 0.308 e. The van der Waals surface area contributed by atoms with Gasteiger partial charge in [-0.3, -0.25) is 0 Å². The SMILES string of the molecule is c1ccc(-c2ccc3c(c2)sc2c(N(c4ccc(-c5ccc6ccc7ccccc7c6c5)cc4)c4ccc(-c5ccccc5)c5sc6ccccc6c45)cccc23)cc1. The summed E-state index contributed by atoms with van der Waals surface area (Å²) in [4.78, 5) is 2.52. The Morgan fingerprint density at radius 3 is 1.75 bits per heavy atom. The van der Waals surface area contributed by atoms with Crippen LogP contribution in [0.25, 0.3) is 95.3 Å². The summed E-state index contributed by atoms with van der Waals surface area (Å²) >= 11 is 3.78. The van der Waals surface area contributed by atoms with Gasteiger partial charge >= 0.3 is 0 Å². The van der Waals surface area contributed by atoms with Gasteiger partial charge < -0.3 is 4.90 Å². The summed E-state index contributed by atoms with van der Waals surface area (Å²) in [5.74, 6) is 0. The molecule has 0 saturated heterocycles. The molecule has 0 bridgehead atoms. The van der Waals surface area contributed by atoms with Crippen molar-refractivity contribution in [3.8, 4) is 33.4 Å². The Morgan fingerprint density at radius 2 is 0.915 bits per heavy atom. The minimum Gasteiger partial charge on any atom is -0.308 e. The van der Waals surface area contributed by atoms with E-state index >= 15 is 0 Å². The monoisotopic (exact) mass is 785 g/mol. The summed E-state index contributed by atoms with van der Waals surface area (Å²) in [6.07, 6.45) is 0. The molecule has 2 heterocycles. The van der Waals surface area contributed by atoms with E-state index in [0.29, 0.717) is 0 Å². The summed E-state index contributed by atoms with van der Waals surface area (Å²) < 4.78 is 5.16. The number of fused-ring (bicyclic) bond motifs is 9. The number of rotatable bonds is 6. The Labute approximate surface area is 350 Å². The van der Waals surface area contributed by atoms with E-state index in [1.807, 2.05) is 22.7 Å². The molecular weight excluding hydrogens is 751 g/mol. The Balaban J connectivity index is 1.08. The van der Waals surface area contributed by atoms with Crippen LogP contribution >= 0.6 is 22.7 Å². The van der Waals surface area contributed by atoms with Gasteiger partial charge in [-0.1, -0.05) is 170 Å². The highest BCUT2D eigenvalue weighted by molar-refractivity contribution is 7.27. The number of hydrogen-bond acceptors (Lipinski definition) is 3. The third-order valence-electron chi connectivity index (χ3n) is 11.9. The zero-order chi connectivity index (χ0) is 38.9. The van der Waals surface area contributed by atoms with Gasteiger partial charge in [0.05, 0.1) is 16.1 Å². The Bertz CT molecular complexity index is 3540. The maximum absolute atomic E-state index is 2.52. The smallest absolute Gasteiger partial charge is 0.0640 e. The highest BCUT2D eigenvalue weighted by atomic mass is 32.1. The van der Waals surface area contributed by atoms with Crippen molar-refractivity contribution in [2.45, 2.75) is 0 Å². The molecular formula is C56H35NS2. The molecule has 3 heteroatoms. The van der Waals surface area contributed by atoms with Gasteiger partial charge in [0.1, 0.15) is 0 Å². The fourth-order valence-corrected chi connectivity index (χ4v) is 11.5. The molecule has 0 fully saturated rings. The normalized spacial score (nSPS) is 11.7. The molecule has 0 atom stereocenters. The van der Waals surface area contributed by atoms with E-state index in [-0.39, 0.29) is 0 Å². The molecule has 0 aliphatic rings. The maximum atomic E-state index is 2.52. The molecule has 59 heavy (non-hydrogen) atoms. The third-order valence-corrected chi connectivity index (χ3v) is 14.3. The molecule has 0 aliphatic carbocycles. The summed E-state index contributed by atoms with van der Waals surface area (Å²) in [5, 5.41) is 10.2. The molecule has 2 aromatic heterocycles. The second kappa shape index (κ2) is 13.8. The average molecular weight is 786 g/mol. The first-order valence-electron chi connectivity index (χ1n) is 20.1. The van der Waals surface area contributed by atoms with Gasteiger partial charge in [-0.05, 0) is 97.4 Å². The third kappa shape index (κ3) is 5.66. The number of benzene rings is 10. The van der Waals surface area contributed by atoms with Crippen molar-refractivity contribution in [2.24, 2.45) is 0 Å². The summed E-state index contributed by atoms with van der Waals surface area (Å²) in [5.41, 5.74) is 10.9. The highest BCUT2D eigenvalue weighted by Gasteiger charge is 2.23.